The van der Waals surface area contributed by atoms with Crippen molar-refractivity contribution in [3.05, 3.63) is 48.3 Å². The Balaban J connectivity index is 2.23. The lowest BCUT2D eigenvalue weighted by molar-refractivity contribution is -0.149. The lowest BCUT2D eigenvalue weighted by Crippen LogP contribution is -2.31. The third-order valence-corrected chi connectivity index (χ3v) is 4.01. The van der Waals surface area contributed by atoms with E-state index in [1.165, 1.54) is 0 Å². The predicted octanol–water partition coefficient (Wildman–Crippen LogP) is 3.31. The Labute approximate surface area is 119 Å². The molecule has 0 atom stereocenters. The van der Waals surface area contributed by atoms with Crippen molar-refractivity contribution in [3.8, 4) is 5.69 Å². The monoisotopic (exact) mass is 272 g/mol. The molecule has 2 aromatic rings. The zero-order chi connectivity index (χ0) is 14.6. The fourth-order valence-electron chi connectivity index (χ4n) is 2.44. The van der Waals surface area contributed by atoms with E-state index in [1.807, 2.05) is 50.4 Å². The smallest absolute Gasteiger partial charge is 0.309 e. The van der Waals surface area contributed by atoms with Gasteiger partial charge in [-0.3, -0.25) is 4.79 Å². The molecule has 0 amide bonds. The molecule has 0 saturated heterocycles. The first-order chi connectivity index (χ1) is 9.61. The van der Waals surface area contributed by atoms with E-state index in [2.05, 4.69) is 5.10 Å². The first-order valence-corrected chi connectivity index (χ1v) is 6.93. The van der Waals surface area contributed by atoms with Crippen molar-refractivity contribution in [2.45, 2.75) is 33.1 Å². The number of benzene rings is 1. The predicted molar refractivity (Wildman–Crippen MR) is 77.9 cm³/mol. The molecular weight excluding hydrogens is 252 g/mol. The van der Waals surface area contributed by atoms with Crippen LogP contribution in [0, 0.1) is 5.41 Å². The third kappa shape index (κ3) is 2.74. The van der Waals surface area contributed by atoms with E-state index >= 15 is 0 Å². The number of para-hydroxylation sites is 1. The maximum Gasteiger partial charge on any atom is 0.309 e. The van der Waals surface area contributed by atoms with E-state index < -0.39 is 11.4 Å². The Morgan fingerprint density at radius 3 is 2.45 bits per heavy atom. The molecule has 106 valence electrons. The lowest BCUT2D eigenvalue weighted by Gasteiger charge is -2.25. The minimum Gasteiger partial charge on any atom is -0.481 e. The molecule has 20 heavy (non-hydrogen) atoms. The fraction of sp³-hybridized carbons (Fsp3) is 0.375. The molecule has 0 aliphatic rings. The Bertz CT molecular complexity index is 571. The second kappa shape index (κ2) is 5.90. The van der Waals surface area contributed by atoms with Crippen LogP contribution in [0.1, 0.15) is 32.3 Å². The highest BCUT2D eigenvalue weighted by Crippen LogP contribution is 2.31. The van der Waals surface area contributed by atoms with Crippen molar-refractivity contribution in [2.75, 3.05) is 0 Å². The lowest BCUT2D eigenvalue weighted by atomic mass is 9.77. The second-order valence-electron chi connectivity index (χ2n) is 5.10. The molecule has 0 fully saturated rings. The number of carbonyl (C=O) groups is 1. The van der Waals surface area contributed by atoms with Gasteiger partial charge in [-0.15, -0.1) is 0 Å². The van der Waals surface area contributed by atoms with Gasteiger partial charge in [-0.2, -0.15) is 5.10 Å². The molecule has 4 nitrogen and oxygen atoms in total. The molecule has 0 saturated carbocycles. The average Bonchev–Trinajstić information content (AvgIpc) is 2.94. The first kappa shape index (κ1) is 14.3. The van der Waals surface area contributed by atoms with Gasteiger partial charge in [-0.25, -0.2) is 4.68 Å². The summed E-state index contributed by atoms with van der Waals surface area (Å²) in [5.74, 6) is -0.727. The van der Waals surface area contributed by atoms with Crippen molar-refractivity contribution < 1.29 is 9.90 Å². The third-order valence-electron chi connectivity index (χ3n) is 4.01. The van der Waals surface area contributed by atoms with Gasteiger partial charge in [0.2, 0.25) is 0 Å². The minimum absolute atomic E-state index is 0.516. The van der Waals surface area contributed by atoms with Crippen LogP contribution in [-0.2, 0) is 11.2 Å². The summed E-state index contributed by atoms with van der Waals surface area (Å²) < 4.78 is 1.78. The number of aliphatic carboxylic acids is 1. The molecule has 0 aliphatic carbocycles. The molecule has 4 heteroatoms. The summed E-state index contributed by atoms with van der Waals surface area (Å²) in [6, 6.07) is 9.81. The van der Waals surface area contributed by atoms with E-state index in [-0.39, 0.29) is 0 Å². The molecule has 1 N–H and O–H groups in total. The summed E-state index contributed by atoms with van der Waals surface area (Å²) in [6.45, 7) is 3.86. The van der Waals surface area contributed by atoms with Crippen LogP contribution in [0.15, 0.2) is 42.7 Å². The number of hydrogen-bond acceptors (Lipinski definition) is 2. The van der Waals surface area contributed by atoms with Crippen molar-refractivity contribution in [1.29, 1.82) is 0 Å². The molecule has 0 bridgehead atoms. The van der Waals surface area contributed by atoms with Crippen LogP contribution in [0.2, 0.25) is 0 Å². The summed E-state index contributed by atoms with van der Waals surface area (Å²) in [7, 11) is 0. The zero-order valence-corrected chi connectivity index (χ0v) is 11.9. The van der Waals surface area contributed by atoms with Crippen molar-refractivity contribution in [2.24, 2.45) is 5.41 Å². The van der Waals surface area contributed by atoms with Crippen LogP contribution in [0.25, 0.3) is 5.69 Å². The quantitative estimate of drug-likeness (QED) is 0.877. The topological polar surface area (TPSA) is 55.1 Å². The Kier molecular flexibility index (Phi) is 4.23. The minimum atomic E-state index is -0.727. The number of hydrogen-bond donors (Lipinski definition) is 1. The molecule has 2 rings (SSSR count). The average molecular weight is 272 g/mol. The normalized spacial score (nSPS) is 11.5. The highest BCUT2D eigenvalue weighted by Gasteiger charge is 2.35. The van der Waals surface area contributed by atoms with Crippen LogP contribution in [-0.4, -0.2) is 20.9 Å². The van der Waals surface area contributed by atoms with Gasteiger partial charge < -0.3 is 5.11 Å². The number of aromatic nitrogens is 2. The molecule has 1 aromatic carbocycles. The van der Waals surface area contributed by atoms with Crippen LogP contribution >= 0.6 is 0 Å². The zero-order valence-electron chi connectivity index (χ0n) is 11.9. The molecule has 1 aromatic heterocycles. The van der Waals surface area contributed by atoms with Gasteiger partial charge in [-0.1, -0.05) is 32.0 Å². The highest BCUT2D eigenvalue weighted by atomic mass is 16.4. The van der Waals surface area contributed by atoms with E-state index in [0.29, 0.717) is 19.3 Å². The molecule has 0 unspecified atom stereocenters. The van der Waals surface area contributed by atoms with Gasteiger partial charge in [0.1, 0.15) is 0 Å². The Hall–Kier alpha value is -2.10. The first-order valence-electron chi connectivity index (χ1n) is 6.93. The molecule has 1 heterocycles. The van der Waals surface area contributed by atoms with Gasteiger partial charge in [0, 0.05) is 6.20 Å². The van der Waals surface area contributed by atoms with E-state index in [1.54, 1.807) is 10.9 Å². The largest absolute Gasteiger partial charge is 0.481 e. The molecule has 0 aliphatic heterocycles. The summed E-state index contributed by atoms with van der Waals surface area (Å²) in [5.41, 5.74) is 1.25. The number of rotatable bonds is 6. The van der Waals surface area contributed by atoms with Gasteiger partial charge in [-0.05, 0) is 37.0 Å². The molecule has 0 spiro atoms. The van der Waals surface area contributed by atoms with Crippen LogP contribution in [0.5, 0.6) is 0 Å². The SMILES string of the molecule is CCC(CC)(Cc1cnn(-c2ccccc2)c1)C(=O)O. The standard InChI is InChI=1S/C16H20N2O2/c1-3-16(4-2,15(19)20)10-13-11-17-18(12-13)14-8-6-5-7-9-14/h5-9,11-12H,3-4,10H2,1-2H3,(H,19,20). The molecule has 0 radical (unpaired) electrons. The van der Waals surface area contributed by atoms with E-state index in [0.717, 1.165) is 11.3 Å². The summed E-state index contributed by atoms with van der Waals surface area (Å²) in [6.07, 6.45) is 5.43. The maximum atomic E-state index is 11.5. The number of carboxylic acids is 1. The van der Waals surface area contributed by atoms with Gasteiger partial charge >= 0.3 is 5.97 Å². The van der Waals surface area contributed by atoms with Gasteiger partial charge in [0.15, 0.2) is 0 Å². The highest BCUT2D eigenvalue weighted by molar-refractivity contribution is 5.75. The van der Waals surface area contributed by atoms with E-state index in [9.17, 15) is 9.90 Å². The Morgan fingerprint density at radius 1 is 1.25 bits per heavy atom. The summed E-state index contributed by atoms with van der Waals surface area (Å²) in [4.78, 5) is 11.5. The Morgan fingerprint density at radius 2 is 1.90 bits per heavy atom. The van der Waals surface area contributed by atoms with Crippen molar-refractivity contribution in [3.63, 3.8) is 0 Å². The van der Waals surface area contributed by atoms with Crippen LogP contribution < -0.4 is 0 Å². The van der Waals surface area contributed by atoms with Crippen LogP contribution in [0.4, 0.5) is 0 Å². The molecular formula is C16H20N2O2. The van der Waals surface area contributed by atoms with Gasteiger partial charge in [0.25, 0.3) is 0 Å². The van der Waals surface area contributed by atoms with E-state index in [4.69, 9.17) is 0 Å². The fourth-order valence-corrected chi connectivity index (χ4v) is 2.44. The number of carboxylic acid groups (broad SMARTS) is 1. The van der Waals surface area contributed by atoms with Gasteiger partial charge in [0.05, 0.1) is 17.3 Å². The van der Waals surface area contributed by atoms with Crippen molar-refractivity contribution >= 4 is 5.97 Å². The van der Waals surface area contributed by atoms with Crippen LogP contribution in [0.3, 0.4) is 0 Å². The summed E-state index contributed by atoms with van der Waals surface area (Å²) >= 11 is 0. The maximum absolute atomic E-state index is 11.5. The number of nitrogens with zero attached hydrogens (tertiary/aromatic N) is 2. The second-order valence-corrected chi connectivity index (χ2v) is 5.10. The summed E-state index contributed by atoms with van der Waals surface area (Å²) in [5, 5.41) is 13.8. The van der Waals surface area contributed by atoms with Crippen molar-refractivity contribution in [1.82, 2.24) is 9.78 Å².